The predicted molar refractivity (Wildman–Crippen MR) is 109 cm³/mol. The highest BCUT2D eigenvalue weighted by Crippen LogP contribution is 2.27. The van der Waals surface area contributed by atoms with Gasteiger partial charge in [0.15, 0.2) is 0 Å². The van der Waals surface area contributed by atoms with Crippen LogP contribution in [0.3, 0.4) is 0 Å². The molecule has 1 aliphatic heterocycles. The molecule has 0 saturated carbocycles. The fourth-order valence-corrected chi connectivity index (χ4v) is 3.19. The monoisotopic (exact) mass is 401 g/mol. The summed E-state index contributed by atoms with van der Waals surface area (Å²) in [6.45, 7) is 5.02. The van der Waals surface area contributed by atoms with Crippen LogP contribution in [0.5, 0.6) is 11.6 Å². The van der Waals surface area contributed by atoms with Crippen LogP contribution in [0.2, 0.25) is 0 Å². The largest absolute Gasteiger partial charge is 0.488 e. The Morgan fingerprint density at radius 1 is 1.31 bits per heavy atom. The minimum absolute atomic E-state index is 0.000353. The van der Waals surface area contributed by atoms with E-state index in [-0.39, 0.29) is 17.9 Å². The Bertz CT molecular complexity index is 892. The van der Waals surface area contributed by atoms with Crippen LogP contribution in [0.15, 0.2) is 24.3 Å². The van der Waals surface area contributed by atoms with E-state index in [1.807, 2.05) is 32.0 Å². The minimum atomic E-state index is -0.161. The molecule has 0 fully saturated rings. The second-order valence-electron chi connectivity index (χ2n) is 7.17. The highest BCUT2D eigenvalue weighted by atomic mass is 16.5. The molecule has 0 unspecified atom stereocenters. The van der Waals surface area contributed by atoms with Crippen LogP contribution in [0.25, 0.3) is 0 Å². The molecule has 1 aromatic heterocycles. The van der Waals surface area contributed by atoms with Crippen molar-refractivity contribution >= 4 is 17.5 Å². The van der Waals surface area contributed by atoms with Crippen molar-refractivity contribution in [2.75, 3.05) is 39.2 Å². The SMILES string of the molecule is COc1[nH]c(C)cc1C(=O)N(C)CCOC[C@H](C)Oc1ccc2c(c1)CC(=O)N2. The number of hydrogen-bond acceptors (Lipinski definition) is 5. The summed E-state index contributed by atoms with van der Waals surface area (Å²) >= 11 is 0. The number of methoxy groups -OCH3 is 1. The molecule has 0 saturated heterocycles. The molecule has 2 heterocycles. The number of carbonyl (C=O) groups excluding carboxylic acids is 2. The first-order valence-corrected chi connectivity index (χ1v) is 9.53. The van der Waals surface area contributed by atoms with Crippen LogP contribution in [0, 0.1) is 6.92 Å². The van der Waals surface area contributed by atoms with Crippen LogP contribution >= 0.6 is 0 Å². The van der Waals surface area contributed by atoms with Gasteiger partial charge in [-0.3, -0.25) is 9.59 Å². The van der Waals surface area contributed by atoms with Gasteiger partial charge in [0.25, 0.3) is 5.91 Å². The Morgan fingerprint density at radius 2 is 2.10 bits per heavy atom. The maximum Gasteiger partial charge on any atom is 0.259 e. The Hall–Kier alpha value is -3.00. The van der Waals surface area contributed by atoms with Gasteiger partial charge in [0.1, 0.15) is 17.4 Å². The van der Waals surface area contributed by atoms with Gasteiger partial charge in [-0.1, -0.05) is 0 Å². The fraction of sp³-hybridized carbons (Fsp3) is 0.429. The minimum Gasteiger partial charge on any atom is -0.488 e. The number of carbonyl (C=O) groups is 2. The first-order valence-electron chi connectivity index (χ1n) is 9.53. The van der Waals surface area contributed by atoms with Crippen molar-refractivity contribution in [3.8, 4) is 11.6 Å². The third-order valence-electron chi connectivity index (χ3n) is 4.66. The fourth-order valence-electron chi connectivity index (χ4n) is 3.19. The van der Waals surface area contributed by atoms with Gasteiger partial charge in [-0.2, -0.15) is 0 Å². The third kappa shape index (κ3) is 5.08. The molecule has 0 spiro atoms. The molecule has 2 N–H and O–H groups in total. The lowest BCUT2D eigenvalue weighted by atomic mass is 10.1. The number of rotatable bonds is 9. The quantitative estimate of drug-likeness (QED) is 0.630. The van der Waals surface area contributed by atoms with Gasteiger partial charge >= 0.3 is 0 Å². The zero-order valence-corrected chi connectivity index (χ0v) is 17.2. The summed E-state index contributed by atoms with van der Waals surface area (Å²) in [4.78, 5) is 28.6. The van der Waals surface area contributed by atoms with Gasteiger partial charge in [0.2, 0.25) is 11.8 Å². The molecule has 8 nitrogen and oxygen atoms in total. The normalized spacial score (nSPS) is 13.6. The van der Waals surface area contributed by atoms with E-state index in [1.165, 1.54) is 7.11 Å². The van der Waals surface area contributed by atoms with Gasteiger partial charge in [-0.25, -0.2) is 0 Å². The number of aromatic amines is 1. The van der Waals surface area contributed by atoms with Crippen molar-refractivity contribution in [1.29, 1.82) is 0 Å². The smallest absolute Gasteiger partial charge is 0.259 e. The molecule has 1 atom stereocenters. The van der Waals surface area contributed by atoms with Gasteiger partial charge in [0, 0.05) is 25.0 Å². The van der Waals surface area contributed by atoms with Crippen molar-refractivity contribution in [2.24, 2.45) is 0 Å². The molecule has 1 aromatic carbocycles. The number of fused-ring (bicyclic) bond motifs is 1. The number of aromatic nitrogens is 1. The second kappa shape index (κ2) is 9.00. The van der Waals surface area contributed by atoms with E-state index in [9.17, 15) is 9.59 Å². The van der Waals surface area contributed by atoms with Crippen LogP contribution in [0.1, 0.15) is 28.5 Å². The standard InChI is InChI=1S/C21H27N3O5/c1-13-9-17(20(22-13)27-4)21(26)24(3)7-8-28-12-14(2)29-16-5-6-18-15(10-16)11-19(25)23-18/h5-6,9-10,14,22H,7-8,11-12H2,1-4H3,(H,23,25)/t14-/m0/s1. The summed E-state index contributed by atoms with van der Waals surface area (Å²) < 4.78 is 16.7. The summed E-state index contributed by atoms with van der Waals surface area (Å²) in [6.07, 6.45) is 0.218. The third-order valence-corrected chi connectivity index (χ3v) is 4.66. The second-order valence-corrected chi connectivity index (χ2v) is 7.17. The lowest BCUT2D eigenvalue weighted by Gasteiger charge is -2.19. The molecule has 2 aromatic rings. The Morgan fingerprint density at radius 3 is 2.86 bits per heavy atom. The van der Waals surface area contributed by atoms with E-state index in [2.05, 4.69) is 10.3 Å². The lowest BCUT2D eigenvalue weighted by Crippen LogP contribution is -2.31. The molecule has 3 rings (SSSR count). The van der Waals surface area contributed by atoms with Crippen molar-refractivity contribution in [3.05, 3.63) is 41.1 Å². The maximum absolute atomic E-state index is 12.5. The van der Waals surface area contributed by atoms with E-state index >= 15 is 0 Å². The number of likely N-dealkylation sites (N-methyl/N-ethyl adjacent to an activating group) is 1. The summed E-state index contributed by atoms with van der Waals surface area (Å²) in [5.41, 5.74) is 3.16. The summed E-state index contributed by atoms with van der Waals surface area (Å²) in [6, 6.07) is 7.33. The highest BCUT2D eigenvalue weighted by molar-refractivity contribution is 5.99. The topological polar surface area (TPSA) is 92.9 Å². The highest BCUT2D eigenvalue weighted by Gasteiger charge is 2.20. The average Bonchev–Trinajstić information content (AvgIpc) is 3.25. The number of benzene rings is 1. The summed E-state index contributed by atoms with van der Waals surface area (Å²) in [5, 5.41) is 2.80. The molecule has 156 valence electrons. The van der Waals surface area contributed by atoms with Crippen molar-refractivity contribution < 1.29 is 23.8 Å². The number of nitrogens with one attached hydrogen (secondary N) is 2. The van der Waals surface area contributed by atoms with E-state index < -0.39 is 0 Å². The lowest BCUT2D eigenvalue weighted by molar-refractivity contribution is -0.115. The van der Waals surface area contributed by atoms with Crippen LogP contribution in [-0.2, 0) is 16.0 Å². The molecule has 0 aliphatic carbocycles. The zero-order chi connectivity index (χ0) is 21.0. The van der Waals surface area contributed by atoms with Gasteiger partial charge in [-0.15, -0.1) is 0 Å². The van der Waals surface area contributed by atoms with Gasteiger partial charge in [0.05, 0.1) is 26.7 Å². The molecule has 0 radical (unpaired) electrons. The first kappa shape index (κ1) is 20.7. The number of hydrogen-bond donors (Lipinski definition) is 2. The number of nitrogens with zero attached hydrogens (tertiary/aromatic N) is 1. The van der Waals surface area contributed by atoms with E-state index in [1.54, 1.807) is 18.0 Å². The van der Waals surface area contributed by atoms with Crippen LogP contribution < -0.4 is 14.8 Å². The van der Waals surface area contributed by atoms with E-state index in [0.717, 1.165) is 16.9 Å². The zero-order valence-electron chi connectivity index (χ0n) is 17.2. The van der Waals surface area contributed by atoms with Gasteiger partial charge < -0.3 is 29.4 Å². The summed E-state index contributed by atoms with van der Waals surface area (Å²) in [7, 11) is 3.26. The van der Waals surface area contributed by atoms with Crippen molar-refractivity contribution in [2.45, 2.75) is 26.4 Å². The number of aryl methyl sites for hydroxylation is 1. The van der Waals surface area contributed by atoms with Gasteiger partial charge in [-0.05, 0) is 43.7 Å². The first-order chi connectivity index (χ1) is 13.9. The molecular weight excluding hydrogens is 374 g/mol. The van der Waals surface area contributed by atoms with Crippen LogP contribution in [-0.4, -0.2) is 61.7 Å². The van der Waals surface area contributed by atoms with Crippen LogP contribution in [0.4, 0.5) is 5.69 Å². The Kier molecular flexibility index (Phi) is 6.43. The number of amides is 2. The molecule has 2 amide bonds. The number of ether oxygens (including phenoxy) is 3. The molecular formula is C21H27N3O5. The van der Waals surface area contributed by atoms with Crippen molar-refractivity contribution in [3.63, 3.8) is 0 Å². The summed E-state index contributed by atoms with van der Waals surface area (Å²) in [5.74, 6) is 1.05. The van der Waals surface area contributed by atoms with E-state index in [4.69, 9.17) is 14.2 Å². The Labute approximate surface area is 170 Å². The molecule has 29 heavy (non-hydrogen) atoms. The van der Waals surface area contributed by atoms with Crippen molar-refractivity contribution in [1.82, 2.24) is 9.88 Å². The average molecular weight is 401 g/mol. The maximum atomic E-state index is 12.5. The Balaban J connectivity index is 1.41. The predicted octanol–water partition coefficient (Wildman–Crippen LogP) is 2.38. The van der Waals surface area contributed by atoms with E-state index in [0.29, 0.717) is 43.4 Å². The number of H-pyrrole nitrogens is 1. The molecule has 0 bridgehead atoms. The molecule has 1 aliphatic rings. The number of anilines is 1. The molecule has 8 heteroatoms.